The number of hydrogen-bond donors (Lipinski definition) is 1. The minimum Gasteiger partial charge on any atom is -0.352 e. The summed E-state index contributed by atoms with van der Waals surface area (Å²) in [5.74, 6) is -0.128. The summed E-state index contributed by atoms with van der Waals surface area (Å²) in [6.07, 6.45) is 1.05. The molecule has 1 aliphatic heterocycles. The van der Waals surface area contributed by atoms with E-state index in [1.165, 1.54) is 0 Å². The standard InChI is InChI=1S/C17H22BrN3O3/c1-13(22)20-9-2-10-21(12-11-20)16(23)7-8-19-17(24)14-3-5-15(18)6-4-14/h3-6H,2,7-12H2,1H3,(H,19,24). The Morgan fingerprint density at radius 2 is 1.67 bits per heavy atom. The molecule has 1 aliphatic rings. The fraction of sp³-hybridized carbons (Fsp3) is 0.471. The van der Waals surface area contributed by atoms with E-state index in [2.05, 4.69) is 21.2 Å². The number of nitrogens with zero attached hydrogens (tertiary/aromatic N) is 2. The van der Waals surface area contributed by atoms with Gasteiger partial charge in [0.05, 0.1) is 0 Å². The molecule has 0 saturated carbocycles. The molecule has 1 aromatic carbocycles. The van der Waals surface area contributed by atoms with Crippen LogP contribution in [-0.4, -0.2) is 60.2 Å². The van der Waals surface area contributed by atoms with Gasteiger partial charge in [0.1, 0.15) is 0 Å². The summed E-state index contributed by atoms with van der Waals surface area (Å²) >= 11 is 3.32. The third-order valence-corrected chi connectivity index (χ3v) is 4.55. The Labute approximate surface area is 150 Å². The first-order valence-corrected chi connectivity index (χ1v) is 8.83. The average molecular weight is 396 g/mol. The third-order valence-electron chi connectivity index (χ3n) is 4.02. The molecule has 0 aromatic heterocycles. The van der Waals surface area contributed by atoms with E-state index in [-0.39, 0.29) is 24.1 Å². The summed E-state index contributed by atoms with van der Waals surface area (Å²) in [7, 11) is 0. The molecule has 3 amide bonds. The number of hydrogen-bond acceptors (Lipinski definition) is 3. The normalized spacial score (nSPS) is 14.9. The molecule has 0 radical (unpaired) electrons. The summed E-state index contributed by atoms with van der Waals surface area (Å²) in [5.41, 5.74) is 0.567. The number of amides is 3. The fourth-order valence-electron chi connectivity index (χ4n) is 2.63. The van der Waals surface area contributed by atoms with Crippen LogP contribution >= 0.6 is 15.9 Å². The molecule has 130 valence electrons. The Kier molecular flexibility index (Phi) is 6.78. The fourth-order valence-corrected chi connectivity index (χ4v) is 2.89. The number of carbonyl (C=O) groups excluding carboxylic acids is 3. The number of benzene rings is 1. The van der Waals surface area contributed by atoms with Crippen molar-refractivity contribution in [2.45, 2.75) is 19.8 Å². The van der Waals surface area contributed by atoms with E-state index in [1.54, 1.807) is 41.0 Å². The van der Waals surface area contributed by atoms with Gasteiger partial charge in [-0.3, -0.25) is 14.4 Å². The van der Waals surface area contributed by atoms with Crippen LogP contribution < -0.4 is 5.32 Å². The molecule has 0 unspecified atom stereocenters. The molecule has 2 rings (SSSR count). The lowest BCUT2D eigenvalue weighted by molar-refractivity contribution is -0.132. The minimum atomic E-state index is -0.186. The van der Waals surface area contributed by atoms with Crippen LogP contribution in [0.4, 0.5) is 0 Å². The lowest BCUT2D eigenvalue weighted by Crippen LogP contribution is -2.38. The predicted molar refractivity (Wildman–Crippen MR) is 94.5 cm³/mol. The molecule has 7 heteroatoms. The first-order valence-electron chi connectivity index (χ1n) is 8.04. The molecular weight excluding hydrogens is 374 g/mol. The molecule has 1 fully saturated rings. The van der Waals surface area contributed by atoms with Gasteiger partial charge in [-0.25, -0.2) is 0 Å². The van der Waals surface area contributed by atoms with Crippen molar-refractivity contribution in [1.29, 1.82) is 0 Å². The largest absolute Gasteiger partial charge is 0.352 e. The van der Waals surface area contributed by atoms with Crippen molar-refractivity contribution in [2.75, 3.05) is 32.7 Å². The van der Waals surface area contributed by atoms with E-state index < -0.39 is 0 Å². The number of carbonyl (C=O) groups is 3. The van der Waals surface area contributed by atoms with Crippen LogP contribution in [0.15, 0.2) is 28.7 Å². The minimum absolute atomic E-state index is 0.0107. The van der Waals surface area contributed by atoms with Crippen molar-refractivity contribution >= 4 is 33.7 Å². The van der Waals surface area contributed by atoms with Crippen LogP contribution in [0.25, 0.3) is 0 Å². The Balaban J connectivity index is 1.75. The number of rotatable bonds is 4. The lowest BCUT2D eigenvalue weighted by atomic mass is 10.2. The Bertz CT molecular complexity index is 604. The van der Waals surface area contributed by atoms with Crippen molar-refractivity contribution in [3.63, 3.8) is 0 Å². The van der Waals surface area contributed by atoms with Crippen molar-refractivity contribution in [3.05, 3.63) is 34.3 Å². The first-order chi connectivity index (χ1) is 11.5. The molecule has 0 bridgehead atoms. The monoisotopic (exact) mass is 395 g/mol. The molecular formula is C17H22BrN3O3. The summed E-state index contributed by atoms with van der Waals surface area (Å²) in [4.78, 5) is 39.2. The molecule has 1 heterocycles. The van der Waals surface area contributed by atoms with Gasteiger partial charge in [0.15, 0.2) is 0 Å². The second-order valence-electron chi connectivity index (χ2n) is 5.75. The zero-order valence-corrected chi connectivity index (χ0v) is 15.3. The molecule has 24 heavy (non-hydrogen) atoms. The number of nitrogens with one attached hydrogen (secondary N) is 1. The summed E-state index contributed by atoms with van der Waals surface area (Å²) in [6.45, 7) is 4.34. The van der Waals surface area contributed by atoms with Gasteiger partial charge >= 0.3 is 0 Å². The number of halogens is 1. The summed E-state index contributed by atoms with van der Waals surface area (Å²) in [6, 6.07) is 7.06. The van der Waals surface area contributed by atoms with Gasteiger partial charge in [-0.05, 0) is 30.7 Å². The quantitative estimate of drug-likeness (QED) is 0.842. The maximum absolute atomic E-state index is 12.3. The van der Waals surface area contributed by atoms with E-state index in [0.717, 1.165) is 10.9 Å². The molecule has 0 aliphatic carbocycles. The van der Waals surface area contributed by atoms with Crippen molar-refractivity contribution < 1.29 is 14.4 Å². The highest BCUT2D eigenvalue weighted by atomic mass is 79.9. The Morgan fingerprint density at radius 3 is 2.33 bits per heavy atom. The van der Waals surface area contributed by atoms with Crippen molar-refractivity contribution in [1.82, 2.24) is 15.1 Å². The zero-order valence-electron chi connectivity index (χ0n) is 13.8. The predicted octanol–water partition coefficient (Wildman–Crippen LogP) is 1.65. The van der Waals surface area contributed by atoms with Gasteiger partial charge in [0, 0.05) is 56.1 Å². The van der Waals surface area contributed by atoms with E-state index in [1.807, 2.05) is 0 Å². The van der Waals surface area contributed by atoms with E-state index in [4.69, 9.17) is 0 Å². The van der Waals surface area contributed by atoms with Gasteiger partial charge in [-0.1, -0.05) is 15.9 Å². The van der Waals surface area contributed by atoms with Crippen LogP contribution in [-0.2, 0) is 9.59 Å². The van der Waals surface area contributed by atoms with Crippen molar-refractivity contribution in [3.8, 4) is 0 Å². The van der Waals surface area contributed by atoms with Gasteiger partial charge < -0.3 is 15.1 Å². The first kappa shape index (κ1) is 18.4. The maximum Gasteiger partial charge on any atom is 0.251 e. The van der Waals surface area contributed by atoms with Gasteiger partial charge in [-0.2, -0.15) is 0 Å². The smallest absolute Gasteiger partial charge is 0.251 e. The van der Waals surface area contributed by atoms with Crippen molar-refractivity contribution in [2.24, 2.45) is 0 Å². The molecule has 1 N–H and O–H groups in total. The molecule has 1 saturated heterocycles. The Morgan fingerprint density at radius 1 is 1.04 bits per heavy atom. The average Bonchev–Trinajstić information content (AvgIpc) is 2.81. The molecule has 0 spiro atoms. The van der Waals surface area contributed by atoms with Gasteiger partial charge in [0.25, 0.3) is 5.91 Å². The molecule has 6 nitrogen and oxygen atoms in total. The van der Waals surface area contributed by atoms with Crippen LogP contribution in [0.1, 0.15) is 30.1 Å². The highest BCUT2D eigenvalue weighted by Gasteiger charge is 2.20. The van der Waals surface area contributed by atoms with Crippen LogP contribution in [0.3, 0.4) is 0 Å². The summed E-state index contributed by atoms with van der Waals surface area (Å²) < 4.78 is 0.912. The van der Waals surface area contributed by atoms with E-state index >= 15 is 0 Å². The molecule has 0 atom stereocenters. The highest BCUT2D eigenvalue weighted by Crippen LogP contribution is 2.10. The van der Waals surface area contributed by atoms with Gasteiger partial charge in [-0.15, -0.1) is 0 Å². The SMILES string of the molecule is CC(=O)N1CCCN(C(=O)CCNC(=O)c2ccc(Br)cc2)CC1. The highest BCUT2D eigenvalue weighted by molar-refractivity contribution is 9.10. The Hall–Kier alpha value is -1.89. The van der Waals surface area contributed by atoms with Crippen LogP contribution in [0, 0.1) is 0 Å². The second-order valence-corrected chi connectivity index (χ2v) is 6.67. The van der Waals surface area contributed by atoms with Crippen LogP contribution in [0.2, 0.25) is 0 Å². The third kappa shape index (κ3) is 5.33. The zero-order chi connectivity index (χ0) is 17.5. The van der Waals surface area contributed by atoms with E-state index in [9.17, 15) is 14.4 Å². The maximum atomic E-state index is 12.3. The molecule has 1 aromatic rings. The topological polar surface area (TPSA) is 69.7 Å². The second kappa shape index (κ2) is 8.82. The van der Waals surface area contributed by atoms with Gasteiger partial charge in [0.2, 0.25) is 11.8 Å². The lowest BCUT2D eigenvalue weighted by Gasteiger charge is -2.21. The van der Waals surface area contributed by atoms with E-state index in [0.29, 0.717) is 38.3 Å². The van der Waals surface area contributed by atoms with Crippen LogP contribution in [0.5, 0.6) is 0 Å². The summed E-state index contributed by atoms with van der Waals surface area (Å²) in [5, 5.41) is 2.76.